The van der Waals surface area contributed by atoms with Crippen LogP contribution in [0.15, 0.2) is 23.8 Å². The Labute approximate surface area is 128 Å². The lowest BCUT2D eigenvalue weighted by molar-refractivity contribution is 0.0494. The maximum atomic E-state index is 12.2. The smallest absolute Gasteiger partial charge is 0.339 e. The van der Waals surface area contributed by atoms with Gasteiger partial charge in [0.25, 0.3) is 0 Å². The van der Waals surface area contributed by atoms with Gasteiger partial charge in [-0.2, -0.15) is 5.10 Å². The van der Waals surface area contributed by atoms with Crippen LogP contribution in [0.5, 0.6) is 0 Å². The number of aryl methyl sites for hydroxylation is 1. The Morgan fingerprint density at radius 1 is 1.57 bits per heavy atom. The number of hydrogen-bond donors (Lipinski definition) is 0. The van der Waals surface area contributed by atoms with Crippen LogP contribution in [-0.4, -0.2) is 22.4 Å². The van der Waals surface area contributed by atoms with Gasteiger partial charge in [-0.05, 0) is 36.8 Å². The van der Waals surface area contributed by atoms with E-state index in [1.165, 1.54) is 16.9 Å². The highest BCUT2D eigenvalue weighted by Gasteiger charge is 2.23. The summed E-state index contributed by atoms with van der Waals surface area (Å²) < 4.78 is 7.25. The summed E-state index contributed by atoms with van der Waals surface area (Å²) in [5, 5.41) is 6.10. The molecule has 2 aromatic heterocycles. The van der Waals surface area contributed by atoms with Crippen molar-refractivity contribution in [2.24, 2.45) is 5.92 Å². The number of carbonyl (C=O) groups is 1. The minimum Gasteiger partial charge on any atom is -0.462 e. The molecule has 21 heavy (non-hydrogen) atoms. The fourth-order valence-corrected chi connectivity index (χ4v) is 3.98. The molecule has 0 radical (unpaired) electrons. The van der Waals surface area contributed by atoms with E-state index in [0.717, 1.165) is 37.3 Å². The first-order chi connectivity index (χ1) is 10.2. The van der Waals surface area contributed by atoms with E-state index in [2.05, 4.69) is 12.0 Å². The van der Waals surface area contributed by atoms with Crippen molar-refractivity contribution < 1.29 is 9.53 Å². The van der Waals surface area contributed by atoms with Crippen LogP contribution in [0.3, 0.4) is 0 Å². The van der Waals surface area contributed by atoms with Crippen molar-refractivity contribution in [3.05, 3.63) is 39.8 Å². The summed E-state index contributed by atoms with van der Waals surface area (Å²) in [4.78, 5) is 13.6. The lowest BCUT2D eigenvalue weighted by atomic mass is 9.88. The van der Waals surface area contributed by atoms with Crippen LogP contribution in [0.2, 0.25) is 0 Å². The zero-order chi connectivity index (χ0) is 14.7. The van der Waals surface area contributed by atoms with Gasteiger partial charge in [0.05, 0.1) is 12.2 Å². The Bertz CT molecular complexity index is 604. The maximum absolute atomic E-state index is 12.2. The molecule has 1 atom stereocenters. The van der Waals surface area contributed by atoms with Crippen LogP contribution >= 0.6 is 11.3 Å². The molecule has 4 nitrogen and oxygen atoms in total. The van der Waals surface area contributed by atoms with Gasteiger partial charge in [0, 0.05) is 35.6 Å². The van der Waals surface area contributed by atoms with Crippen molar-refractivity contribution in [3.8, 4) is 0 Å². The predicted octanol–water partition coefficient (Wildman–Crippen LogP) is 3.32. The van der Waals surface area contributed by atoms with Crippen molar-refractivity contribution in [2.75, 3.05) is 6.61 Å². The fraction of sp³-hybridized carbons (Fsp3) is 0.500. The maximum Gasteiger partial charge on any atom is 0.339 e. The molecule has 0 spiro atoms. The minimum absolute atomic E-state index is 0.164. The second kappa shape index (κ2) is 6.43. The van der Waals surface area contributed by atoms with E-state index >= 15 is 0 Å². The summed E-state index contributed by atoms with van der Waals surface area (Å²) in [7, 11) is 0. The number of carbonyl (C=O) groups excluding carboxylic acids is 1. The first-order valence-electron chi connectivity index (χ1n) is 7.48. The van der Waals surface area contributed by atoms with Gasteiger partial charge in [0.1, 0.15) is 0 Å². The summed E-state index contributed by atoms with van der Waals surface area (Å²) in [5.41, 5.74) is 2.02. The van der Waals surface area contributed by atoms with E-state index in [-0.39, 0.29) is 5.97 Å². The number of rotatable bonds is 5. The average Bonchev–Trinajstić information content (AvgIpc) is 3.12. The molecule has 2 aromatic rings. The number of fused-ring (bicyclic) bond motifs is 1. The van der Waals surface area contributed by atoms with Crippen LogP contribution in [0.4, 0.5) is 0 Å². The molecule has 5 heteroatoms. The molecule has 0 saturated carbocycles. The van der Waals surface area contributed by atoms with Crippen molar-refractivity contribution in [2.45, 2.75) is 39.2 Å². The molecule has 0 aromatic carbocycles. The Morgan fingerprint density at radius 3 is 3.29 bits per heavy atom. The molecule has 3 rings (SSSR count). The van der Waals surface area contributed by atoms with Gasteiger partial charge < -0.3 is 4.74 Å². The summed E-state index contributed by atoms with van der Waals surface area (Å²) in [6.07, 6.45) is 7.74. The molecular formula is C16H20N2O2S. The third-order valence-corrected chi connectivity index (χ3v) is 5.00. The van der Waals surface area contributed by atoms with E-state index in [0.29, 0.717) is 6.61 Å². The summed E-state index contributed by atoms with van der Waals surface area (Å²) in [5.74, 6) is 0.566. The fourth-order valence-electron chi connectivity index (χ4n) is 2.75. The highest BCUT2D eigenvalue weighted by atomic mass is 32.1. The quantitative estimate of drug-likeness (QED) is 0.629. The van der Waals surface area contributed by atoms with Gasteiger partial charge in [0.15, 0.2) is 0 Å². The molecule has 0 aliphatic heterocycles. The van der Waals surface area contributed by atoms with Crippen molar-refractivity contribution in [1.82, 2.24) is 9.78 Å². The van der Waals surface area contributed by atoms with E-state index in [1.807, 2.05) is 22.3 Å². The molecule has 0 amide bonds. The Kier molecular flexibility index (Phi) is 4.39. The molecule has 0 bridgehead atoms. The zero-order valence-corrected chi connectivity index (χ0v) is 13.1. The molecular weight excluding hydrogens is 284 g/mol. The molecule has 0 N–H and O–H groups in total. The normalized spacial score (nSPS) is 17.5. The number of hydrogen-bond acceptors (Lipinski definition) is 4. The van der Waals surface area contributed by atoms with Crippen LogP contribution in [-0.2, 0) is 24.1 Å². The largest absolute Gasteiger partial charge is 0.462 e. The van der Waals surface area contributed by atoms with Gasteiger partial charge in [-0.25, -0.2) is 4.79 Å². The van der Waals surface area contributed by atoms with E-state index in [9.17, 15) is 4.79 Å². The highest BCUT2D eigenvalue weighted by molar-refractivity contribution is 7.10. The Morgan fingerprint density at radius 2 is 2.48 bits per heavy atom. The van der Waals surface area contributed by atoms with Gasteiger partial charge >= 0.3 is 5.97 Å². The van der Waals surface area contributed by atoms with E-state index < -0.39 is 0 Å². The van der Waals surface area contributed by atoms with Gasteiger partial charge in [0.2, 0.25) is 0 Å². The van der Waals surface area contributed by atoms with Gasteiger partial charge in [-0.3, -0.25) is 4.68 Å². The van der Waals surface area contributed by atoms with Crippen LogP contribution in [0.1, 0.15) is 40.6 Å². The van der Waals surface area contributed by atoms with Crippen molar-refractivity contribution in [1.29, 1.82) is 0 Å². The summed E-state index contributed by atoms with van der Waals surface area (Å²) in [6, 6.07) is 1.89. The molecule has 1 unspecified atom stereocenters. The van der Waals surface area contributed by atoms with Gasteiger partial charge in [-0.1, -0.05) is 6.92 Å². The number of ether oxygens (including phenoxy) is 1. The topological polar surface area (TPSA) is 44.1 Å². The van der Waals surface area contributed by atoms with Crippen LogP contribution in [0.25, 0.3) is 0 Å². The Hall–Kier alpha value is -1.62. The Balaban J connectivity index is 1.52. The number of esters is 1. The third-order valence-electron chi connectivity index (χ3n) is 3.95. The van der Waals surface area contributed by atoms with Crippen molar-refractivity contribution >= 4 is 17.3 Å². The lowest BCUT2D eigenvalue weighted by Crippen LogP contribution is -2.14. The van der Waals surface area contributed by atoms with E-state index in [4.69, 9.17) is 4.74 Å². The van der Waals surface area contributed by atoms with Crippen LogP contribution in [0, 0.1) is 5.92 Å². The molecule has 112 valence electrons. The molecule has 1 aliphatic carbocycles. The number of nitrogens with zero attached hydrogens (tertiary/aromatic N) is 2. The van der Waals surface area contributed by atoms with Gasteiger partial charge in [-0.15, -0.1) is 11.3 Å². The third kappa shape index (κ3) is 3.35. The molecule has 0 saturated heterocycles. The van der Waals surface area contributed by atoms with Crippen molar-refractivity contribution in [3.63, 3.8) is 0 Å². The monoisotopic (exact) mass is 304 g/mol. The molecule has 2 heterocycles. The highest BCUT2D eigenvalue weighted by Crippen LogP contribution is 2.33. The first kappa shape index (κ1) is 14.3. The summed E-state index contributed by atoms with van der Waals surface area (Å²) >= 11 is 1.71. The minimum atomic E-state index is -0.164. The number of thiophene rings is 1. The molecule has 0 fully saturated rings. The summed E-state index contributed by atoms with van der Waals surface area (Å²) in [6.45, 7) is 3.50. The average molecular weight is 304 g/mol. The first-order valence-corrected chi connectivity index (χ1v) is 8.36. The second-order valence-electron chi connectivity index (χ2n) is 5.66. The predicted molar refractivity (Wildman–Crippen MR) is 82.6 cm³/mol. The molecule has 1 aliphatic rings. The lowest BCUT2D eigenvalue weighted by Gasteiger charge is -2.18. The second-order valence-corrected chi connectivity index (χ2v) is 6.62. The van der Waals surface area contributed by atoms with Crippen LogP contribution < -0.4 is 0 Å². The zero-order valence-electron chi connectivity index (χ0n) is 12.2. The standard InChI is InChI=1S/C16H20N2O2S/c1-12-4-5-13-14(11-21-15(13)10-12)16(19)20-9-3-8-18-7-2-6-17-18/h2,6-7,11-12H,3-5,8-10H2,1H3. The number of aromatic nitrogens is 2. The van der Waals surface area contributed by atoms with E-state index in [1.54, 1.807) is 17.5 Å². The SMILES string of the molecule is CC1CCc2c(C(=O)OCCCn3cccn3)csc2C1.